The van der Waals surface area contributed by atoms with E-state index in [2.05, 4.69) is 31.6 Å². The number of aromatic nitrogens is 3. The highest BCUT2D eigenvalue weighted by Crippen LogP contribution is 2.41. The third kappa shape index (κ3) is 3.39. The maximum absolute atomic E-state index is 12.5. The van der Waals surface area contributed by atoms with Crippen molar-refractivity contribution in [2.24, 2.45) is 0 Å². The number of H-pyrrole nitrogens is 1. The lowest BCUT2D eigenvalue weighted by atomic mass is 9.94. The molecule has 0 unspecified atom stereocenters. The summed E-state index contributed by atoms with van der Waals surface area (Å²) < 4.78 is 5.87. The second kappa shape index (κ2) is 7.02. The number of thiazole rings is 1. The number of rotatable bonds is 4. The predicted molar refractivity (Wildman–Crippen MR) is 117 cm³/mol. The first-order valence-corrected chi connectivity index (χ1v) is 10.8. The van der Waals surface area contributed by atoms with E-state index in [1.54, 1.807) is 6.33 Å². The van der Waals surface area contributed by atoms with E-state index < -0.39 is 0 Å². The van der Waals surface area contributed by atoms with Gasteiger partial charge in [-0.15, -0.1) is 0 Å². The molecule has 3 N–H and O–H groups in total. The third-order valence-corrected chi connectivity index (χ3v) is 6.52. The minimum Gasteiger partial charge on any atom is -0.490 e. The van der Waals surface area contributed by atoms with Crippen LogP contribution in [0.4, 0.5) is 16.5 Å². The highest BCUT2D eigenvalue weighted by Gasteiger charge is 2.34. The number of carbonyl (C=O) groups excluding carboxylic acids is 1. The SMILES string of the molecule is Cc1[nH]cnc1CNc1ccc2c(c1)N(c1nc3c(s1)C(=O)NC(C)(C)C3)CCO2. The molecule has 9 heteroatoms. The Morgan fingerprint density at radius 3 is 3.03 bits per heavy atom. The number of imidazole rings is 1. The summed E-state index contributed by atoms with van der Waals surface area (Å²) in [4.78, 5) is 27.7. The zero-order valence-electron chi connectivity index (χ0n) is 17.2. The monoisotopic (exact) mass is 424 g/mol. The van der Waals surface area contributed by atoms with Crippen molar-refractivity contribution in [1.82, 2.24) is 20.3 Å². The Hall–Kier alpha value is -3.07. The zero-order valence-corrected chi connectivity index (χ0v) is 18.0. The van der Waals surface area contributed by atoms with Gasteiger partial charge in [-0.2, -0.15) is 0 Å². The molecule has 0 bridgehead atoms. The molecule has 2 aliphatic rings. The van der Waals surface area contributed by atoms with Gasteiger partial charge in [0.15, 0.2) is 5.13 Å². The van der Waals surface area contributed by atoms with E-state index in [1.165, 1.54) is 11.3 Å². The van der Waals surface area contributed by atoms with E-state index in [0.29, 0.717) is 24.6 Å². The standard InChI is InChI=1S/C21H24N6O2S/c1-12-15(24-11-23-12)10-22-13-4-5-17-16(8-13)27(6-7-29-17)20-25-14-9-21(2,3)26-19(28)18(14)30-20/h4-5,8,11,22H,6-7,9-10H2,1-3H3,(H,23,24)(H,26,28). The van der Waals surface area contributed by atoms with Crippen LogP contribution in [0, 0.1) is 6.92 Å². The van der Waals surface area contributed by atoms with Gasteiger partial charge in [0, 0.05) is 23.3 Å². The summed E-state index contributed by atoms with van der Waals surface area (Å²) in [6.07, 6.45) is 2.43. The molecule has 0 radical (unpaired) electrons. The van der Waals surface area contributed by atoms with Gasteiger partial charge >= 0.3 is 0 Å². The summed E-state index contributed by atoms with van der Waals surface area (Å²) in [5, 5.41) is 7.32. The lowest BCUT2D eigenvalue weighted by molar-refractivity contribution is 0.0901. The largest absolute Gasteiger partial charge is 0.490 e. The molecule has 1 aromatic carbocycles. The molecule has 0 spiro atoms. The van der Waals surface area contributed by atoms with Crippen LogP contribution in [0.3, 0.4) is 0 Å². The fraction of sp³-hybridized carbons (Fsp3) is 0.381. The predicted octanol–water partition coefficient (Wildman–Crippen LogP) is 3.38. The number of nitrogens with zero attached hydrogens (tertiary/aromatic N) is 3. The normalized spacial score (nSPS) is 17.0. The first-order valence-electron chi connectivity index (χ1n) is 9.99. The quantitative estimate of drug-likeness (QED) is 0.594. The molecule has 0 fully saturated rings. The lowest BCUT2D eigenvalue weighted by Gasteiger charge is -2.30. The number of fused-ring (bicyclic) bond motifs is 2. The lowest BCUT2D eigenvalue weighted by Crippen LogP contribution is -2.48. The van der Waals surface area contributed by atoms with Crippen LogP contribution in [0.1, 0.15) is 40.6 Å². The summed E-state index contributed by atoms with van der Waals surface area (Å²) in [5.74, 6) is 0.781. The Labute approximate surface area is 178 Å². The smallest absolute Gasteiger partial charge is 0.263 e. The third-order valence-electron chi connectivity index (χ3n) is 5.40. The van der Waals surface area contributed by atoms with Crippen LogP contribution in [-0.2, 0) is 13.0 Å². The number of aromatic amines is 1. The maximum atomic E-state index is 12.5. The van der Waals surface area contributed by atoms with Crippen molar-refractivity contribution in [3.63, 3.8) is 0 Å². The average molecular weight is 425 g/mol. The van der Waals surface area contributed by atoms with Crippen molar-refractivity contribution in [3.05, 3.63) is 46.5 Å². The van der Waals surface area contributed by atoms with Crippen molar-refractivity contribution < 1.29 is 9.53 Å². The molecule has 4 heterocycles. The van der Waals surface area contributed by atoms with Crippen molar-refractivity contribution in [2.45, 2.75) is 39.3 Å². The molecule has 0 aliphatic carbocycles. The number of anilines is 3. The van der Waals surface area contributed by atoms with E-state index in [1.807, 2.05) is 32.9 Å². The molecule has 1 amide bonds. The zero-order chi connectivity index (χ0) is 20.9. The second-order valence-electron chi connectivity index (χ2n) is 8.30. The fourth-order valence-corrected chi connectivity index (χ4v) is 4.87. The number of hydrogen-bond donors (Lipinski definition) is 3. The maximum Gasteiger partial charge on any atom is 0.263 e. The molecule has 2 aliphatic heterocycles. The number of hydrogen-bond acceptors (Lipinski definition) is 7. The van der Waals surface area contributed by atoms with Crippen molar-refractivity contribution >= 4 is 33.8 Å². The minimum absolute atomic E-state index is 0.0386. The van der Waals surface area contributed by atoms with Gasteiger partial charge in [-0.25, -0.2) is 9.97 Å². The van der Waals surface area contributed by atoms with Crippen LogP contribution in [0.25, 0.3) is 0 Å². The van der Waals surface area contributed by atoms with Crippen LogP contribution >= 0.6 is 11.3 Å². The molecule has 30 heavy (non-hydrogen) atoms. The van der Waals surface area contributed by atoms with Crippen LogP contribution in [0.15, 0.2) is 24.5 Å². The molecule has 0 saturated carbocycles. The van der Waals surface area contributed by atoms with Crippen molar-refractivity contribution in [3.8, 4) is 5.75 Å². The Kier molecular flexibility index (Phi) is 4.43. The number of ether oxygens (including phenoxy) is 1. The van der Waals surface area contributed by atoms with Crippen LogP contribution in [0.2, 0.25) is 0 Å². The number of benzene rings is 1. The van der Waals surface area contributed by atoms with Gasteiger partial charge in [0.2, 0.25) is 0 Å². The van der Waals surface area contributed by atoms with Gasteiger partial charge in [0.05, 0.1) is 36.5 Å². The summed E-state index contributed by atoms with van der Waals surface area (Å²) in [5.41, 5.74) is 4.57. The Bertz CT molecular complexity index is 1120. The first-order chi connectivity index (χ1) is 14.4. The van der Waals surface area contributed by atoms with Gasteiger partial charge in [0.25, 0.3) is 5.91 Å². The highest BCUT2D eigenvalue weighted by molar-refractivity contribution is 7.17. The van der Waals surface area contributed by atoms with Gasteiger partial charge < -0.3 is 25.3 Å². The van der Waals surface area contributed by atoms with Crippen molar-refractivity contribution in [1.29, 1.82) is 0 Å². The fourth-order valence-electron chi connectivity index (χ4n) is 3.86. The number of nitrogens with one attached hydrogen (secondary N) is 3. The Morgan fingerprint density at radius 2 is 2.23 bits per heavy atom. The molecule has 3 aromatic rings. The molecular formula is C21H24N6O2S. The summed E-state index contributed by atoms with van der Waals surface area (Å²) in [7, 11) is 0. The Balaban J connectivity index is 1.44. The highest BCUT2D eigenvalue weighted by atomic mass is 32.1. The molecule has 2 aromatic heterocycles. The molecule has 5 rings (SSSR count). The average Bonchev–Trinajstić information content (AvgIpc) is 3.31. The van der Waals surface area contributed by atoms with Gasteiger partial charge in [-0.05, 0) is 39.0 Å². The molecule has 0 atom stereocenters. The molecule has 156 valence electrons. The van der Waals surface area contributed by atoms with Crippen LogP contribution in [-0.4, -0.2) is 39.5 Å². The number of aryl methyl sites for hydroxylation is 1. The number of amides is 1. The van der Waals surface area contributed by atoms with E-state index in [0.717, 1.165) is 45.8 Å². The summed E-state index contributed by atoms with van der Waals surface area (Å²) in [6.45, 7) is 7.95. The Morgan fingerprint density at radius 1 is 1.37 bits per heavy atom. The van der Waals surface area contributed by atoms with E-state index in [-0.39, 0.29) is 11.4 Å². The molecular weight excluding hydrogens is 400 g/mol. The number of carbonyl (C=O) groups is 1. The van der Waals surface area contributed by atoms with Gasteiger partial charge in [-0.3, -0.25) is 4.79 Å². The van der Waals surface area contributed by atoms with Crippen LogP contribution < -0.4 is 20.3 Å². The van der Waals surface area contributed by atoms with Gasteiger partial charge in [0.1, 0.15) is 17.2 Å². The second-order valence-corrected chi connectivity index (χ2v) is 9.27. The molecule has 8 nitrogen and oxygen atoms in total. The summed E-state index contributed by atoms with van der Waals surface area (Å²) >= 11 is 1.45. The van der Waals surface area contributed by atoms with Crippen LogP contribution in [0.5, 0.6) is 5.75 Å². The van der Waals surface area contributed by atoms with E-state index >= 15 is 0 Å². The first kappa shape index (κ1) is 18.9. The minimum atomic E-state index is -0.278. The molecule has 0 saturated heterocycles. The van der Waals surface area contributed by atoms with E-state index in [4.69, 9.17) is 9.72 Å². The summed E-state index contributed by atoms with van der Waals surface area (Å²) in [6, 6.07) is 6.05. The van der Waals surface area contributed by atoms with Crippen molar-refractivity contribution in [2.75, 3.05) is 23.4 Å². The van der Waals surface area contributed by atoms with Gasteiger partial charge in [-0.1, -0.05) is 11.3 Å². The van der Waals surface area contributed by atoms with E-state index in [9.17, 15) is 4.79 Å². The topological polar surface area (TPSA) is 95.2 Å².